The highest BCUT2D eigenvalue weighted by Crippen LogP contribution is 1.99. The summed E-state index contributed by atoms with van der Waals surface area (Å²) in [6.07, 6.45) is 5.90. The molecule has 0 unspecified atom stereocenters. The van der Waals surface area contributed by atoms with Crippen LogP contribution in [0.4, 0.5) is 4.39 Å². The first-order valence-electron chi connectivity index (χ1n) is 4.20. The summed E-state index contributed by atoms with van der Waals surface area (Å²) in [4.78, 5) is 0. The molecule has 0 aliphatic rings. The van der Waals surface area contributed by atoms with E-state index in [1.54, 1.807) is 13.0 Å². The van der Waals surface area contributed by atoms with Crippen LogP contribution in [0.25, 0.3) is 0 Å². The summed E-state index contributed by atoms with van der Waals surface area (Å²) in [6.45, 7) is 11.1. The maximum atomic E-state index is 12.2. The molecule has 0 heterocycles. The van der Waals surface area contributed by atoms with E-state index in [0.29, 0.717) is 0 Å². The summed E-state index contributed by atoms with van der Waals surface area (Å²) in [7, 11) is 0. The Balaban J connectivity index is -0.000000218. The van der Waals surface area contributed by atoms with Crippen molar-refractivity contribution in [2.24, 2.45) is 0 Å². The van der Waals surface area contributed by atoms with Gasteiger partial charge in [0.15, 0.2) is 0 Å². The predicted molar refractivity (Wildman–Crippen MR) is 61.9 cm³/mol. The highest BCUT2D eigenvalue weighted by atomic mass is 35.5. The first-order chi connectivity index (χ1) is 6.16. The van der Waals surface area contributed by atoms with Crippen LogP contribution in [-0.2, 0) is 0 Å². The number of hydrogen-bond acceptors (Lipinski definition) is 0. The smallest absolute Gasteiger partial charge is 0.118 e. The van der Waals surface area contributed by atoms with E-state index in [2.05, 4.69) is 18.2 Å². The summed E-state index contributed by atoms with van der Waals surface area (Å²) < 4.78 is 12.2. The van der Waals surface area contributed by atoms with Crippen molar-refractivity contribution in [2.75, 3.05) is 6.38 Å². The van der Waals surface area contributed by atoms with Crippen molar-refractivity contribution in [1.82, 2.24) is 0 Å². The molecule has 0 aromatic rings. The fourth-order valence-corrected chi connectivity index (χ4v) is 0.318. The van der Waals surface area contributed by atoms with Crippen LogP contribution in [0.3, 0.4) is 0 Å². The molecule has 0 amide bonds. The average Bonchev–Trinajstić information content (AvgIpc) is 2.20. The Hall–Kier alpha value is -0.560. The van der Waals surface area contributed by atoms with Gasteiger partial charge in [-0.1, -0.05) is 38.2 Å². The standard InChI is InChI=1S/C8H11F.C2H6.CH3Cl/c1-4-8(9)6-5-7(2)3;2*1-2/h4-6H,2H2,1,3H3;1-2H3;1H3/b6-5-,8-4+;;. The Morgan fingerprint density at radius 2 is 1.62 bits per heavy atom. The van der Waals surface area contributed by atoms with Crippen molar-refractivity contribution in [3.8, 4) is 0 Å². The zero-order chi connectivity index (χ0) is 11.3. The number of allylic oxidation sites excluding steroid dienone is 5. The molecule has 0 aromatic carbocycles. The third kappa shape index (κ3) is 24.6. The van der Waals surface area contributed by atoms with Crippen molar-refractivity contribution in [3.05, 3.63) is 36.2 Å². The van der Waals surface area contributed by atoms with Crippen LogP contribution >= 0.6 is 11.6 Å². The molecule has 13 heavy (non-hydrogen) atoms. The molecule has 0 aliphatic heterocycles. The zero-order valence-corrected chi connectivity index (χ0v) is 9.95. The van der Waals surface area contributed by atoms with Gasteiger partial charge in [0.1, 0.15) is 5.83 Å². The van der Waals surface area contributed by atoms with Gasteiger partial charge in [0, 0.05) is 6.38 Å². The van der Waals surface area contributed by atoms with Gasteiger partial charge in [-0.3, -0.25) is 0 Å². The van der Waals surface area contributed by atoms with Gasteiger partial charge in [0.2, 0.25) is 0 Å². The van der Waals surface area contributed by atoms with Gasteiger partial charge in [-0.2, -0.15) is 0 Å². The summed E-state index contributed by atoms with van der Waals surface area (Å²) in [5.41, 5.74) is 0.854. The van der Waals surface area contributed by atoms with Gasteiger partial charge in [0.05, 0.1) is 0 Å². The SMILES string of the molecule is C=C(C)/C=C\C(F)=C/C.CC.CCl. The maximum absolute atomic E-state index is 12.2. The van der Waals surface area contributed by atoms with E-state index in [1.165, 1.54) is 18.5 Å². The first kappa shape index (κ1) is 18.3. The molecule has 0 radical (unpaired) electrons. The minimum absolute atomic E-state index is 0.224. The van der Waals surface area contributed by atoms with Crippen LogP contribution in [0.5, 0.6) is 0 Å². The van der Waals surface area contributed by atoms with Gasteiger partial charge in [-0.05, 0) is 19.9 Å². The molecule has 0 saturated heterocycles. The van der Waals surface area contributed by atoms with Crippen molar-refractivity contribution in [1.29, 1.82) is 0 Å². The van der Waals surface area contributed by atoms with E-state index in [9.17, 15) is 4.39 Å². The topological polar surface area (TPSA) is 0 Å². The number of hydrogen-bond donors (Lipinski definition) is 0. The lowest BCUT2D eigenvalue weighted by Gasteiger charge is -1.83. The summed E-state index contributed by atoms with van der Waals surface area (Å²) >= 11 is 4.64. The minimum Gasteiger partial charge on any atom is -0.207 e. The van der Waals surface area contributed by atoms with Crippen LogP contribution in [0.15, 0.2) is 36.2 Å². The Morgan fingerprint density at radius 1 is 1.23 bits per heavy atom. The van der Waals surface area contributed by atoms with E-state index in [4.69, 9.17) is 0 Å². The second-order valence-electron chi connectivity index (χ2n) is 1.85. The lowest BCUT2D eigenvalue weighted by molar-refractivity contribution is 0.665. The monoisotopic (exact) mass is 206 g/mol. The highest BCUT2D eigenvalue weighted by Gasteiger charge is 1.80. The largest absolute Gasteiger partial charge is 0.207 e. The Kier molecular flexibility index (Phi) is 24.6. The molecule has 0 atom stereocenters. The second kappa shape index (κ2) is 17.5. The molecule has 0 rings (SSSR count). The first-order valence-corrected chi connectivity index (χ1v) is 4.95. The van der Waals surface area contributed by atoms with E-state index < -0.39 is 0 Å². The van der Waals surface area contributed by atoms with Gasteiger partial charge in [0.25, 0.3) is 0 Å². The molecule has 0 bridgehead atoms. The third-order valence-electron chi connectivity index (χ3n) is 0.803. The van der Waals surface area contributed by atoms with Crippen molar-refractivity contribution in [2.45, 2.75) is 27.7 Å². The quantitative estimate of drug-likeness (QED) is 0.447. The third-order valence-corrected chi connectivity index (χ3v) is 0.803. The molecule has 0 nitrogen and oxygen atoms in total. The molecule has 0 spiro atoms. The van der Waals surface area contributed by atoms with E-state index in [-0.39, 0.29) is 5.83 Å². The van der Waals surface area contributed by atoms with Crippen LogP contribution in [0.1, 0.15) is 27.7 Å². The molecule has 0 N–H and O–H groups in total. The highest BCUT2D eigenvalue weighted by molar-refractivity contribution is 6.15. The summed E-state index contributed by atoms with van der Waals surface area (Å²) in [5, 5.41) is 0. The van der Waals surface area contributed by atoms with Crippen LogP contribution in [0.2, 0.25) is 0 Å². The number of alkyl halides is 1. The molecular weight excluding hydrogens is 187 g/mol. The maximum Gasteiger partial charge on any atom is 0.118 e. The Morgan fingerprint density at radius 3 is 1.85 bits per heavy atom. The van der Waals surface area contributed by atoms with Crippen LogP contribution in [-0.4, -0.2) is 6.38 Å². The molecule has 0 aliphatic carbocycles. The number of rotatable bonds is 2. The minimum atomic E-state index is -0.224. The summed E-state index contributed by atoms with van der Waals surface area (Å²) in [5.74, 6) is -0.224. The molecule has 2 heteroatoms. The predicted octanol–water partition coefficient (Wildman–Crippen LogP) is 4.87. The van der Waals surface area contributed by atoms with Crippen molar-refractivity contribution < 1.29 is 4.39 Å². The van der Waals surface area contributed by atoms with E-state index in [0.717, 1.165) is 5.57 Å². The second-order valence-corrected chi connectivity index (χ2v) is 1.85. The van der Waals surface area contributed by atoms with Crippen molar-refractivity contribution in [3.63, 3.8) is 0 Å². The van der Waals surface area contributed by atoms with E-state index in [1.807, 2.05) is 20.8 Å². The lowest BCUT2D eigenvalue weighted by atomic mass is 10.3. The molecule has 0 saturated carbocycles. The molecule has 0 fully saturated rings. The summed E-state index contributed by atoms with van der Waals surface area (Å²) in [6, 6.07) is 0. The Labute approximate surface area is 86.8 Å². The molecular formula is C11H20ClF. The van der Waals surface area contributed by atoms with Crippen LogP contribution < -0.4 is 0 Å². The lowest BCUT2D eigenvalue weighted by Crippen LogP contribution is -1.63. The van der Waals surface area contributed by atoms with Gasteiger partial charge >= 0.3 is 0 Å². The van der Waals surface area contributed by atoms with Gasteiger partial charge < -0.3 is 0 Å². The fourth-order valence-electron chi connectivity index (χ4n) is 0.318. The van der Waals surface area contributed by atoms with Gasteiger partial charge in [-0.25, -0.2) is 4.39 Å². The fraction of sp³-hybridized carbons (Fsp3) is 0.455. The average molecular weight is 207 g/mol. The molecule has 78 valence electrons. The van der Waals surface area contributed by atoms with E-state index >= 15 is 0 Å². The Bertz CT molecular complexity index is 157. The van der Waals surface area contributed by atoms with Crippen molar-refractivity contribution >= 4 is 11.6 Å². The normalized spacial score (nSPS) is 9.62. The zero-order valence-electron chi connectivity index (χ0n) is 9.20. The van der Waals surface area contributed by atoms with Crippen LogP contribution in [0, 0.1) is 0 Å². The number of halogens is 2. The molecule has 0 aromatic heterocycles. The van der Waals surface area contributed by atoms with Gasteiger partial charge in [-0.15, -0.1) is 11.6 Å².